The van der Waals surface area contributed by atoms with Crippen molar-refractivity contribution in [3.05, 3.63) is 42.3 Å². The van der Waals surface area contributed by atoms with Crippen molar-refractivity contribution in [2.45, 2.75) is 43.4 Å². The van der Waals surface area contributed by atoms with Crippen molar-refractivity contribution < 1.29 is 9.18 Å². The van der Waals surface area contributed by atoms with Crippen molar-refractivity contribution in [2.24, 2.45) is 0 Å². The Kier molecular flexibility index (Phi) is 5.60. The van der Waals surface area contributed by atoms with E-state index in [1.165, 1.54) is 17.8 Å². The molecule has 0 bridgehead atoms. The van der Waals surface area contributed by atoms with E-state index >= 15 is 0 Å². The summed E-state index contributed by atoms with van der Waals surface area (Å²) in [5, 5.41) is 6.69. The molecule has 0 fully saturated rings. The van der Waals surface area contributed by atoms with Crippen LogP contribution in [-0.2, 0) is 4.79 Å². The topological polar surface area (TPSA) is 46.9 Å². The van der Waals surface area contributed by atoms with E-state index in [2.05, 4.69) is 17.3 Å². The molecule has 4 nitrogen and oxygen atoms in total. The molecule has 0 saturated carbocycles. The number of hydrogen-bond donors (Lipinski definition) is 1. The molecule has 0 radical (unpaired) electrons. The van der Waals surface area contributed by atoms with Crippen molar-refractivity contribution in [3.63, 3.8) is 0 Å². The average Bonchev–Trinajstić information content (AvgIpc) is 2.96. The average molecular weight is 321 g/mol. The van der Waals surface area contributed by atoms with Gasteiger partial charge in [-0.15, -0.1) is 11.8 Å². The number of benzene rings is 1. The summed E-state index contributed by atoms with van der Waals surface area (Å²) >= 11 is 1.20. The smallest absolute Gasteiger partial charge is 0.238 e. The van der Waals surface area contributed by atoms with Crippen LogP contribution in [0.2, 0.25) is 0 Å². The first-order valence-electron chi connectivity index (χ1n) is 7.28. The first-order chi connectivity index (χ1) is 10.5. The number of hydrogen-bond acceptors (Lipinski definition) is 3. The van der Waals surface area contributed by atoms with Crippen LogP contribution in [0.4, 0.5) is 10.2 Å². The third kappa shape index (κ3) is 3.88. The number of thioether (sulfide) groups is 1. The van der Waals surface area contributed by atoms with Gasteiger partial charge in [0, 0.05) is 11.0 Å². The number of carbonyl (C=O) groups is 1. The monoisotopic (exact) mass is 321 g/mol. The standard InChI is InChI=1S/C16H20FN3OS/c1-4-11(2)20-15(9-10-18-20)19-16(21)12(3)22-14-8-6-5-7-13(14)17/h5-12H,4H2,1-3H3,(H,19,21). The Hall–Kier alpha value is -1.82. The predicted octanol–water partition coefficient (Wildman–Crippen LogP) is 4.11. The van der Waals surface area contributed by atoms with E-state index in [9.17, 15) is 9.18 Å². The zero-order chi connectivity index (χ0) is 16.1. The lowest BCUT2D eigenvalue weighted by Crippen LogP contribution is -2.24. The largest absolute Gasteiger partial charge is 0.310 e. The Morgan fingerprint density at radius 3 is 2.77 bits per heavy atom. The summed E-state index contributed by atoms with van der Waals surface area (Å²) in [6.07, 6.45) is 2.58. The van der Waals surface area contributed by atoms with Crippen LogP contribution in [0.1, 0.15) is 33.2 Å². The van der Waals surface area contributed by atoms with E-state index in [0.29, 0.717) is 10.7 Å². The number of nitrogens with zero attached hydrogens (tertiary/aromatic N) is 2. The highest BCUT2D eigenvalue weighted by atomic mass is 32.2. The van der Waals surface area contributed by atoms with Crippen LogP contribution in [0, 0.1) is 5.82 Å². The fraction of sp³-hybridized carbons (Fsp3) is 0.375. The van der Waals surface area contributed by atoms with Gasteiger partial charge in [0.2, 0.25) is 5.91 Å². The molecule has 2 atom stereocenters. The second-order valence-corrected chi connectivity index (χ2v) is 6.48. The molecule has 2 rings (SSSR count). The molecule has 118 valence electrons. The van der Waals surface area contributed by atoms with Gasteiger partial charge in [-0.3, -0.25) is 4.79 Å². The molecule has 0 aliphatic carbocycles. The third-order valence-corrected chi connectivity index (χ3v) is 4.59. The van der Waals surface area contributed by atoms with Crippen LogP contribution in [-0.4, -0.2) is 20.9 Å². The minimum atomic E-state index is -0.405. The van der Waals surface area contributed by atoms with Crippen molar-refractivity contribution in [1.29, 1.82) is 0 Å². The lowest BCUT2D eigenvalue weighted by atomic mass is 10.3. The molecule has 1 heterocycles. The number of anilines is 1. The minimum Gasteiger partial charge on any atom is -0.310 e. The Morgan fingerprint density at radius 1 is 1.36 bits per heavy atom. The van der Waals surface area contributed by atoms with Gasteiger partial charge in [-0.05, 0) is 32.4 Å². The fourth-order valence-electron chi connectivity index (χ4n) is 1.95. The predicted molar refractivity (Wildman–Crippen MR) is 87.6 cm³/mol. The number of halogens is 1. The molecule has 0 saturated heterocycles. The normalized spacial score (nSPS) is 13.6. The molecule has 1 N–H and O–H groups in total. The van der Waals surface area contributed by atoms with Crippen molar-refractivity contribution in [3.8, 4) is 0 Å². The molecule has 22 heavy (non-hydrogen) atoms. The van der Waals surface area contributed by atoms with Crippen LogP contribution in [0.25, 0.3) is 0 Å². The molecule has 0 spiro atoms. The number of carbonyl (C=O) groups excluding carboxylic acids is 1. The maximum atomic E-state index is 13.6. The first kappa shape index (κ1) is 16.5. The van der Waals surface area contributed by atoms with Gasteiger partial charge in [-0.2, -0.15) is 5.10 Å². The molecule has 0 aliphatic rings. The summed E-state index contributed by atoms with van der Waals surface area (Å²) in [7, 11) is 0. The molecule has 1 aromatic heterocycles. The summed E-state index contributed by atoms with van der Waals surface area (Å²) in [5.74, 6) is 0.190. The number of rotatable bonds is 6. The van der Waals surface area contributed by atoms with Crippen LogP contribution in [0.15, 0.2) is 41.4 Å². The summed E-state index contributed by atoms with van der Waals surface area (Å²) in [4.78, 5) is 12.8. The van der Waals surface area contributed by atoms with Gasteiger partial charge >= 0.3 is 0 Å². The van der Waals surface area contributed by atoms with Gasteiger partial charge in [0.05, 0.1) is 17.5 Å². The summed E-state index contributed by atoms with van der Waals surface area (Å²) in [6, 6.07) is 8.44. The minimum absolute atomic E-state index is 0.168. The van der Waals surface area contributed by atoms with Crippen LogP contribution in [0.3, 0.4) is 0 Å². The van der Waals surface area contributed by atoms with E-state index < -0.39 is 5.25 Å². The summed E-state index contributed by atoms with van der Waals surface area (Å²) in [6.45, 7) is 5.87. The zero-order valence-electron chi connectivity index (χ0n) is 12.9. The van der Waals surface area contributed by atoms with Crippen molar-refractivity contribution in [1.82, 2.24) is 9.78 Å². The Balaban J connectivity index is 2.03. The van der Waals surface area contributed by atoms with E-state index in [1.807, 2.05) is 6.92 Å². The zero-order valence-corrected chi connectivity index (χ0v) is 13.7. The van der Waals surface area contributed by atoms with Crippen LogP contribution < -0.4 is 5.32 Å². The molecule has 0 aliphatic heterocycles. The molecule has 1 amide bonds. The van der Waals surface area contributed by atoms with E-state index in [-0.39, 0.29) is 17.8 Å². The maximum absolute atomic E-state index is 13.6. The van der Waals surface area contributed by atoms with Gasteiger partial charge < -0.3 is 5.32 Å². The Bertz CT molecular complexity index is 644. The second-order valence-electron chi connectivity index (χ2n) is 5.10. The Labute approximate surface area is 134 Å². The van der Waals surface area contributed by atoms with E-state index in [4.69, 9.17) is 0 Å². The molecule has 2 unspecified atom stereocenters. The SMILES string of the molecule is CCC(C)n1nccc1NC(=O)C(C)Sc1ccccc1F. The molecule has 6 heteroatoms. The van der Waals surface area contributed by atoms with E-state index in [1.54, 1.807) is 42.1 Å². The number of amides is 1. The molecular weight excluding hydrogens is 301 g/mol. The molecular formula is C16H20FN3OS. The highest BCUT2D eigenvalue weighted by molar-refractivity contribution is 8.00. The third-order valence-electron chi connectivity index (χ3n) is 3.44. The fourth-order valence-corrected chi connectivity index (χ4v) is 2.83. The quantitative estimate of drug-likeness (QED) is 0.814. The van der Waals surface area contributed by atoms with Gasteiger partial charge in [0.1, 0.15) is 11.6 Å². The number of aromatic nitrogens is 2. The van der Waals surface area contributed by atoms with Crippen LogP contribution in [0.5, 0.6) is 0 Å². The Morgan fingerprint density at radius 2 is 2.09 bits per heavy atom. The molecule has 1 aromatic carbocycles. The highest BCUT2D eigenvalue weighted by Crippen LogP contribution is 2.27. The van der Waals surface area contributed by atoms with Crippen molar-refractivity contribution in [2.75, 3.05) is 5.32 Å². The highest BCUT2D eigenvalue weighted by Gasteiger charge is 2.18. The first-order valence-corrected chi connectivity index (χ1v) is 8.16. The van der Waals surface area contributed by atoms with E-state index in [0.717, 1.165) is 6.42 Å². The second kappa shape index (κ2) is 7.45. The maximum Gasteiger partial charge on any atom is 0.238 e. The van der Waals surface area contributed by atoms with Crippen molar-refractivity contribution >= 4 is 23.5 Å². The van der Waals surface area contributed by atoms with Crippen LogP contribution >= 0.6 is 11.8 Å². The lowest BCUT2D eigenvalue weighted by molar-refractivity contribution is -0.115. The molecule has 2 aromatic rings. The summed E-state index contributed by atoms with van der Waals surface area (Å²) < 4.78 is 15.4. The lowest BCUT2D eigenvalue weighted by Gasteiger charge is -2.16. The van der Waals surface area contributed by atoms with Gasteiger partial charge in [0.25, 0.3) is 0 Å². The summed E-state index contributed by atoms with van der Waals surface area (Å²) in [5.41, 5.74) is 0. The van der Waals surface area contributed by atoms with Gasteiger partial charge in [0.15, 0.2) is 0 Å². The van der Waals surface area contributed by atoms with Gasteiger partial charge in [-0.25, -0.2) is 9.07 Å². The van der Waals surface area contributed by atoms with Gasteiger partial charge in [-0.1, -0.05) is 19.1 Å². The number of nitrogens with one attached hydrogen (secondary N) is 1.